The molecule has 6 heteroatoms. The van der Waals surface area contributed by atoms with Gasteiger partial charge in [-0.1, -0.05) is 164 Å². The van der Waals surface area contributed by atoms with E-state index in [1.165, 1.54) is 43.8 Å². The van der Waals surface area contributed by atoms with Gasteiger partial charge < -0.3 is 14.3 Å². The van der Waals surface area contributed by atoms with Crippen molar-refractivity contribution in [3.8, 4) is 27.9 Å². The van der Waals surface area contributed by atoms with Gasteiger partial charge in [0.05, 0.1) is 27.5 Å². The highest BCUT2D eigenvalue weighted by molar-refractivity contribution is 6.25. The molecule has 0 saturated carbocycles. The van der Waals surface area contributed by atoms with Crippen LogP contribution in [-0.4, -0.2) is 15.1 Å². The van der Waals surface area contributed by atoms with Gasteiger partial charge in [-0.3, -0.25) is 9.88 Å². The number of aromatic nitrogens is 2. The lowest BCUT2D eigenvalue weighted by atomic mass is 10.00. The van der Waals surface area contributed by atoms with Crippen LogP contribution in [0.4, 0.5) is 0 Å². The maximum atomic E-state index is 6.85. The van der Waals surface area contributed by atoms with Gasteiger partial charge >= 0.3 is 0 Å². The Hall–Kier alpha value is -8.19. The zero-order valence-corrected chi connectivity index (χ0v) is 34.1. The summed E-state index contributed by atoms with van der Waals surface area (Å²) >= 11 is 0. The van der Waals surface area contributed by atoms with Gasteiger partial charge in [0, 0.05) is 38.2 Å². The number of hydrogen-bond donors (Lipinski definition) is 2. The molecule has 1 aliphatic heterocycles. The molecule has 3 aromatic heterocycles. The van der Waals surface area contributed by atoms with Gasteiger partial charge in [0.1, 0.15) is 23.5 Å². The van der Waals surface area contributed by atoms with Crippen molar-refractivity contribution in [3.63, 3.8) is 0 Å². The molecule has 12 aromatic rings. The first-order valence-electron chi connectivity index (χ1n) is 21.5. The van der Waals surface area contributed by atoms with Gasteiger partial charge in [-0.2, -0.15) is 0 Å². The van der Waals surface area contributed by atoms with Gasteiger partial charge in [-0.15, -0.1) is 0 Å². The molecule has 63 heavy (non-hydrogen) atoms. The molecule has 13 rings (SSSR count). The second-order valence-electron chi connectivity index (χ2n) is 16.4. The van der Waals surface area contributed by atoms with E-state index in [1.807, 2.05) is 0 Å². The number of nitrogens with one attached hydrogen (secondary N) is 2. The minimum Gasteiger partial charge on any atom is -0.456 e. The summed E-state index contributed by atoms with van der Waals surface area (Å²) in [6.07, 6.45) is -0.716. The summed E-state index contributed by atoms with van der Waals surface area (Å²) in [5.74, 6) is 0.773. The predicted molar refractivity (Wildman–Crippen MR) is 259 cm³/mol. The van der Waals surface area contributed by atoms with Gasteiger partial charge in [0.25, 0.3) is 0 Å². The van der Waals surface area contributed by atoms with Crippen molar-refractivity contribution >= 4 is 71.5 Å². The Bertz CT molecular complexity index is 3690. The fourth-order valence-electron chi connectivity index (χ4n) is 9.97. The summed E-state index contributed by atoms with van der Waals surface area (Å²) in [7, 11) is 0. The Balaban J connectivity index is 1.04. The highest BCUT2D eigenvalue weighted by Gasteiger charge is 2.30. The highest BCUT2D eigenvalue weighted by Crippen LogP contribution is 2.44. The molecule has 1 aliphatic rings. The number of rotatable bonds is 5. The van der Waals surface area contributed by atoms with Crippen LogP contribution in [0.2, 0.25) is 0 Å². The Morgan fingerprint density at radius 2 is 0.984 bits per heavy atom. The number of para-hydroxylation sites is 3. The SMILES string of the molecule is c1ccc(-c2ccc(C3N=C(n4c5ccccc5c5ccccc54)NC(c4cccc5oc6ccc7c8ccccc8n(-c8cccc(-c9ccccc9)c8)c7c6c45)N3)cc2)cc1. The lowest BCUT2D eigenvalue weighted by molar-refractivity contribution is 0.405. The fraction of sp³-hybridized carbons (Fsp3) is 0.0351. The summed E-state index contributed by atoms with van der Waals surface area (Å²) in [5, 5.41) is 14.8. The number of fused-ring (bicyclic) bond motifs is 10. The molecule has 0 bridgehead atoms. The molecule has 2 atom stereocenters. The molecule has 0 radical (unpaired) electrons. The van der Waals surface area contributed by atoms with Crippen molar-refractivity contribution < 1.29 is 4.42 Å². The van der Waals surface area contributed by atoms with E-state index in [0.29, 0.717) is 0 Å². The molecule has 6 nitrogen and oxygen atoms in total. The molecule has 4 heterocycles. The minimum atomic E-state index is -0.364. The number of benzene rings is 9. The monoisotopic (exact) mass is 809 g/mol. The van der Waals surface area contributed by atoms with Crippen LogP contribution in [0.1, 0.15) is 23.5 Å². The van der Waals surface area contributed by atoms with Crippen LogP contribution in [-0.2, 0) is 0 Å². The maximum Gasteiger partial charge on any atom is 0.206 e. The van der Waals surface area contributed by atoms with Crippen LogP contribution < -0.4 is 10.6 Å². The molecule has 0 spiro atoms. The van der Waals surface area contributed by atoms with E-state index in [9.17, 15) is 0 Å². The predicted octanol–water partition coefficient (Wildman–Crippen LogP) is 13.9. The Morgan fingerprint density at radius 1 is 0.429 bits per heavy atom. The van der Waals surface area contributed by atoms with E-state index in [4.69, 9.17) is 9.41 Å². The first-order chi connectivity index (χ1) is 31.2. The molecular formula is C57H39N5O. The molecule has 0 aliphatic carbocycles. The molecule has 2 N–H and O–H groups in total. The van der Waals surface area contributed by atoms with Crippen molar-refractivity contribution in [1.29, 1.82) is 0 Å². The Morgan fingerprint density at radius 3 is 1.68 bits per heavy atom. The zero-order valence-electron chi connectivity index (χ0n) is 34.1. The summed E-state index contributed by atoms with van der Waals surface area (Å²) in [4.78, 5) is 5.50. The fourth-order valence-corrected chi connectivity index (χ4v) is 9.97. The molecule has 0 amide bonds. The Kier molecular flexibility index (Phi) is 8.01. The second kappa shape index (κ2) is 14.2. The summed E-state index contributed by atoms with van der Waals surface area (Å²) in [5.41, 5.74) is 14.1. The molecule has 2 unspecified atom stereocenters. The van der Waals surface area contributed by atoms with Gasteiger partial charge in [0.2, 0.25) is 5.96 Å². The average molecular weight is 810 g/mol. The number of aliphatic imine (C=N–C) groups is 1. The van der Waals surface area contributed by atoms with Crippen LogP contribution >= 0.6 is 0 Å². The number of nitrogens with zero attached hydrogens (tertiary/aromatic N) is 3. The molecule has 298 valence electrons. The first kappa shape index (κ1) is 35.6. The number of hydrogen-bond acceptors (Lipinski definition) is 4. The third-order valence-electron chi connectivity index (χ3n) is 12.8. The average Bonchev–Trinajstić information content (AvgIpc) is 4.02. The first-order valence-corrected chi connectivity index (χ1v) is 21.5. The highest BCUT2D eigenvalue weighted by atomic mass is 16.3. The maximum absolute atomic E-state index is 6.85. The largest absolute Gasteiger partial charge is 0.456 e. The quantitative estimate of drug-likeness (QED) is 0.182. The van der Waals surface area contributed by atoms with E-state index in [0.717, 1.165) is 66.8 Å². The van der Waals surface area contributed by atoms with Crippen molar-refractivity contribution in [2.75, 3.05) is 0 Å². The van der Waals surface area contributed by atoms with Crippen LogP contribution in [0.3, 0.4) is 0 Å². The standard InChI is InChI=1S/C57H39N5O/c1-3-15-36(16-4-1)38-29-31-39(32-30-38)55-58-56(60-57(59-55)62-48-26-11-7-21-42(48)43-22-8-12-27-49(43)62)46-24-14-28-50-52(46)53-51(63-50)34-33-45-44-23-9-10-25-47(44)61(54(45)53)41-20-13-19-40(35-41)37-17-5-2-6-18-37/h1-35,55-56,58H,(H,59,60). The second-order valence-corrected chi connectivity index (χ2v) is 16.4. The smallest absolute Gasteiger partial charge is 0.206 e. The Labute approximate surface area is 363 Å². The van der Waals surface area contributed by atoms with Crippen molar-refractivity contribution in [3.05, 3.63) is 223 Å². The lowest BCUT2D eigenvalue weighted by Gasteiger charge is -2.33. The molecule has 0 fully saturated rings. The van der Waals surface area contributed by atoms with Crippen molar-refractivity contribution in [2.45, 2.75) is 12.3 Å². The van der Waals surface area contributed by atoms with Crippen LogP contribution in [0.5, 0.6) is 0 Å². The third-order valence-corrected chi connectivity index (χ3v) is 12.8. The van der Waals surface area contributed by atoms with Gasteiger partial charge in [-0.05, 0) is 76.3 Å². The van der Waals surface area contributed by atoms with Crippen molar-refractivity contribution in [1.82, 2.24) is 19.8 Å². The third kappa shape index (κ3) is 5.66. The van der Waals surface area contributed by atoms with Gasteiger partial charge in [0.15, 0.2) is 0 Å². The zero-order chi connectivity index (χ0) is 41.4. The number of furan rings is 1. The van der Waals surface area contributed by atoms with Crippen LogP contribution in [0, 0.1) is 0 Å². The van der Waals surface area contributed by atoms with Crippen molar-refractivity contribution in [2.24, 2.45) is 4.99 Å². The molecule has 9 aromatic carbocycles. The topological polar surface area (TPSA) is 59.4 Å². The lowest BCUT2D eigenvalue weighted by Crippen LogP contribution is -2.47. The van der Waals surface area contributed by atoms with E-state index < -0.39 is 0 Å². The van der Waals surface area contributed by atoms with E-state index in [-0.39, 0.29) is 12.3 Å². The summed E-state index contributed by atoms with van der Waals surface area (Å²) in [6.45, 7) is 0. The van der Waals surface area contributed by atoms with E-state index >= 15 is 0 Å². The minimum absolute atomic E-state index is 0.352. The summed E-state index contributed by atoms with van der Waals surface area (Å²) in [6, 6.07) is 75.5. The van der Waals surface area contributed by atoms with E-state index in [1.54, 1.807) is 0 Å². The van der Waals surface area contributed by atoms with Crippen LogP contribution in [0.25, 0.3) is 93.5 Å². The molecule has 0 saturated heterocycles. The molecular weight excluding hydrogens is 771 g/mol. The van der Waals surface area contributed by atoms with E-state index in [2.05, 4.69) is 232 Å². The van der Waals surface area contributed by atoms with Gasteiger partial charge in [-0.25, -0.2) is 4.99 Å². The van der Waals surface area contributed by atoms with Crippen LogP contribution in [0.15, 0.2) is 222 Å². The summed E-state index contributed by atoms with van der Waals surface area (Å²) < 4.78 is 11.6. The normalized spacial score (nSPS) is 15.5.